The van der Waals surface area contributed by atoms with Gasteiger partial charge in [-0.3, -0.25) is 14.8 Å². The molecule has 1 heterocycles. The van der Waals surface area contributed by atoms with Gasteiger partial charge in [-0.1, -0.05) is 11.6 Å². The number of halogens is 1. The van der Waals surface area contributed by atoms with Crippen LogP contribution in [0.15, 0.2) is 35.2 Å². The third-order valence-corrected chi connectivity index (χ3v) is 6.37. The maximum absolute atomic E-state index is 12.8. The van der Waals surface area contributed by atoms with Crippen LogP contribution in [0, 0.1) is 24.0 Å². The Hall–Kier alpha value is -2.36. The van der Waals surface area contributed by atoms with Crippen molar-refractivity contribution in [3.05, 3.63) is 56.6 Å². The van der Waals surface area contributed by atoms with Crippen LogP contribution in [-0.4, -0.2) is 39.6 Å². The second-order valence-corrected chi connectivity index (χ2v) is 8.60. The van der Waals surface area contributed by atoms with Gasteiger partial charge in [0.1, 0.15) is 0 Å². The van der Waals surface area contributed by atoms with Gasteiger partial charge in [-0.15, -0.1) is 0 Å². The Bertz CT molecular complexity index is 1020. The van der Waals surface area contributed by atoms with Crippen LogP contribution in [0.2, 0.25) is 5.02 Å². The molecule has 0 unspecified atom stereocenters. The molecule has 0 bridgehead atoms. The van der Waals surface area contributed by atoms with Crippen LogP contribution in [0.3, 0.4) is 0 Å². The van der Waals surface area contributed by atoms with Crippen LogP contribution < -0.4 is 9.62 Å². The molecule has 0 spiro atoms. The van der Waals surface area contributed by atoms with Crippen molar-refractivity contribution in [3.63, 3.8) is 0 Å². The van der Waals surface area contributed by atoms with E-state index in [9.17, 15) is 18.5 Å². The molecule has 0 radical (unpaired) electrons. The fourth-order valence-electron chi connectivity index (χ4n) is 2.97. The highest BCUT2D eigenvalue weighted by molar-refractivity contribution is 7.92. The molecule has 1 aliphatic rings. The molecule has 150 valence electrons. The summed E-state index contributed by atoms with van der Waals surface area (Å²) in [5.74, 6) is 0. The highest BCUT2D eigenvalue weighted by Crippen LogP contribution is 2.31. The van der Waals surface area contributed by atoms with E-state index in [4.69, 9.17) is 16.3 Å². The Morgan fingerprint density at radius 3 is 2.46 bits per heavy atom. The Balaban J connectivity index is 1.89. The minimum atomic E-state index is -4.04. The number of benzene rings is 2. The molecule has 0 saturated carbocycles. The summed E-state index contributed by atoms with van der Waals surface area (Å²) in [7, 11) is -4.04. The highest BCUT2D eigenvalue weighted by atomic mass is 35.5. The fourth-order valence-corrected chi connectivity index (χ4v) is 4.42. The lowest BCUT2D eigenvalue weighted by Gasteiger charge is -2.29. The lowest BCUT2D eigenvalue weighted by Crippen LogP contribution is -2.36. The second-order valence-electron chi connectivity index (χ2n) is 6.51. The lowest BCUT2D eigenvalue weighted by atomic mass is 10.1. The van der Waals surface area contributed by atoms with Gasteiger partial charge in [-0.25, -0.2) is 8.42 Å². The molecule has 0 atom stereocenters. The molecule has 1 saturated heterocycles. The summed E-state index contributed by atoms with van der Waals surface area (Å²) in [6.07, 6.45) is 0. The van der Waals surface area contributed by atoms with Gasteiger partial charge in [0.25, 0.3) is 15.7 Å². The minimum absolute atomic E-state index is 0.0222. The zero-order valence-electron chi connectivity index (χ0n) is 15.4. The van der Waals surface area contributed by atoms with Crippen molar-refractivity contribution >= 4 is 38.7 Å². The first-order valence-corrected chi connectivity index (χ1v) is 10.5. The molecule has 10 heteroatoms. The molecule has 1 N–H and O–H groups in total. The summed E-state index contributed by atoms with van der Waals surface area (Å²) in [4.78, 5) is 12.4. The van der Waals surface area contributed by atoms with E-state index < -0.39 is 14.9 Å². The molecule has 2 aromatic rings. The largest absolute Gasteiger partial charge is 0.378 e. The average Bonchev–Trinajstić information content (AvgIpc) is 2.65. The monoisotopic (exact) mass is 425 g/mol. The maximum atomic E-state index is 12.8. The van der Waals surface area contributed by atoms with E-state index in [1.54, 1.807) is 13.0 Å². The van der Waals surface area contributed by atoms with E-state index in [0.29, 0.717) is 18.9 Å². The number of aryl methyl sites for hydroxylation is 1. The molecule has 0 amide bonds. The molecular weight excluding hydrogens is 406 g/mol. The minimum Gasteiger partial charge on any atom is -0.378 e. The van der Waals surface area contributed by atoms with Crippen molar-refractivity contribution in [2.45, 2.75) is 18.7 Å². The van der Waals surface area contributed by atoms with E-state index >= 15 is 0 Å². The van der Waals surface area contributed by atoms with Crippen LogP contribution in [0.5, 0.6) is 0 Å². The van der Waals surface area contributed by atoms with Gasteiger partial charge >= 0.3 is 0 Å². The summed E-state index contributed by atoms with van der Waals surface area (Å²) < 4.78 is 33.4. The first-order valence-electron chi connectivity index (χ1n) is 8.60. The van der Waals surface area contributed by atoms with Crippen molar-refractivity contribution < 1.29 is 18.1 Å². The number of anilines is 2. The predicted molar refractivity (Wildman–Crippen MR) is 108 cm³/mol. The van der Waals surface area contributed by atoms with Crippen LogP contribution in [-0.2, 0) is 14.8 Å². The smallest absolute Gasteiger partial charge is 0.275 e. The van der Waals surface area contributed by atoms with E-state index in [1.165, 1.54) is 13.0 Å². The van der Waals surface area contributed by atoms with Crippen molar-refractivity contribution in [2.24, 2.45) is 0 Å². The van der Waals surface area contributed by atoms with Crippen LogP contribution in [0.1, 0.15) is 11.1 Å². The van der Waals surface area contributed by atoms with Crippen LogP contribution in [0.4, 0.5) is 17.1 Å². The number of nitrogens with one attached hydrogen (secondary N) is 1. The third kappa shape index (κ3) is 4.21. The average molecular weight is 426 g/mol. The standard InChI is InChI=1S/C18H20ClN3O5S/c1-12-9-14(21-5-7-27-8-6-21)3-4-17(12)20-28(25,26)15-10-16(19)13(2)18(11-15)22(23)24/h3-4,9-11,20H,5-8H2,1-2H3. The number of rotatable bonds is 5. The quantitative estimate of drug-likeness (QED) is 0.581. The van der Waals surface area contributed by atoms with Gasteiger partial charge in [0.2, 0.25) is 0 Å². The maximum Gasteiger partial charge on any atom is 0.275 e. The highest BCUT2D eigenvalue weighted by Gasteiger charge is 2.23. The van der Waals surface area contributed by atoms with Crippen molar-refractivity contribution in [3.8, 4) is 0 Å². The molecule has 1 aliphatic heterocycles. The van der Waals surface area contributed by atoms with E-state index in [-0.39, 0.29) is 21.2 Å². The zero-order valence-corrected chi connectivity index (χ0v) is 17.0. The number of nitrogens with zero attached hydrogens (tertiary/aromatic N) is 2. The summed E-state index contributed by atoms with van der Waals surface area (Å²) in [6.45, 7) is 6.12. The summed E-state index contributed by atoms with van der Waals surface area (Å²) in [5.41, 5.74) is 2.00. The van der Waals surface area contributed by atoms with E-state index in [0.717, 1.165) is 30.4 Å². The molecule has 2 aromatic carbocycles. The molecular formula is C18H20ClN3O5S. The molecule has 0 aliphatic carbocycles. The summed E-state index contributed by atoms with van der Waals surface area (Å²) >= 11 is 6.00. The van der Waals surface area contributed by atoms with Crippen molar-refractivity contribution in [1.29, 1.82) is 0 Å². The van der Waals surface area contributed by atoms with Crippen molar-refractivity contribution in [2.75, 3.05) is 35.9 Å². The number of nitro groups is 1. The van der Waals surface area contributed by atoms with Gasteiger partial charge in [0, 0.05) is 30.4 Å². The SMILES string of the molecule is Cc1cc(N2CCOCC2)ccc1NS(=O)(=O)c1cc(Cl)c(C)c([N+](=O)[O-])c1. The third-order valence-electron chi connectivity index (χ3n) is 4.63. The van der Waals surface area contributed by atoms with Crippen LogP contribution in [0.25, 0.3) is 0 Å². The Kier molecular flexibility index (Phi) is 5.78. The van der Waals surface area contributed by atoms with Gasteiger partial charge in [0.15, 0.2) is 0 Å². The first-order chi connectivity index (χ1) is 13.2. The van der Waals surface area contributed by atoms with E-state index in [1.807, 2.05) is 12.1 Å². The second kappa shape index (κ2) is 7.94. The number of hydrogen-bond donors (Lipinski definition) is 1. The molecule has 0 aromatic heterocycles. The van der Waals surface area contributed by atoms with Gasteiger partial charge in [-0.2, -0.15) is 0 Å². The topological polar surface area (TPSA) is 102 Å². The van der Waals surface area contributed by atoms with Gasteiger partial charge < -0.3 is 9.64 Å². The summed E-state index contributed by atoms with van der Waals surface area (Å²) in [6, 6.07) is 7.64. The van der Waals surface area contributed by atoms with Crippen LogP contribution >= 0.6 is 11.6 Å². The zero-order chi connectivity index (χ0) is 20.5. The number of ether oxygens (including phenoxy) is 1. The molecule has 3 rings (SSSR count). The summed E-state index contributed by atoms with van der Waals surface area (Å²) in [5, 5.41) is 11.2. The first kappa shape index (κ1) is 20.4. The van der Waals surface area contributed by atoms with Gasteiger partial charge in [0.05, 0.1) is 33.7 Å². The number of morpholine rings is 1. The van der Waals surface area contributed by atoms with E-state index in [2.05, 4.69) is 9.62 Å². The predicted octanol–water partition coefficient (Wildman–Crippen LogP) is 3.50. The van der Waals surface area contributed by atoms with Gasteiger partial charge in [-0.05, 0) is 43.7 Å². The number of hydrogen-bond acceptors (Lipinski definition) is 6. The lowest BCUT2D eigenvalue weighted by molar-refractivity contribution is -0.385. The number of nitro benzene ring substituents is 1. The molecule has 28 heavy (non-hydrogen) atoms. The normalized spacial score (nSPS) is 14.8. The molecule has 8 nitrogen and oxygen atoms in total. The Morgan fingerprint density at radius 2 is 1.86 bits per heavy atom. The fraction of sp³-hybridized carbons (Fsp3) is 0.333. The Morgan fingerprint density at radius 1 is 1.18 bits per heavy atom. The molecule has 1 fully saturated rings. The Labute approximate surface area is 168 Å². The number of sulfonamides is 1. The van der Waals surface area contributed by atoms with Crippen molar-refractivity contribution in [1.82, 2.24) is 0 Å².